The van der Waals surface area contributed by atoms with E-state index >= 15 is 0 Å². The molecule has 0 aliphatic heterocycles. The van der Waals surface area contributed by atoms with E-state index in [-0.39, 0.29) is 12.2 Å². The molecule has 0 aromatic heterocycles. The molecule has 0 bridgehead atoms. The summed E-state index contributed by atoms with van der Waals surface area (Å²) in [6, 6.07) is 21.8. The van der Waals surface area contributed by atoms with Crippen molar-refractivity contribution in [3.63, 3.8) is 0 Å². The van der Waals surface area contributed by atoms with Crippen LogP contribution in [0.5, 0.6) is 11.5 Å². The Morgan fingerprint density at radius 1 is 0.793 bits per heavy atom. The molecule has 7 heteroatoms. The van der Waals surface area contributed by atoms with Crippen molar-refractivity contribution >= 4 is 11.8 Å². The van der Waals surface area contributed by atoms with E-state index in [0.717, 1.165) is 11.6 Å². The van der Waals surface area contributed by atoms with Crippen LogP contribution in [0.4, 0.5) is 4.39 Å². The summed E-state index contributed by atoms with van der Waals surface area (Å²) in [5.74, 6) is -0.572. The fourth-order valence-corrected chi connectivity index (χ4v) is 2.39. The second kappa shape index (κ2) is 9.89. The van der Waals surface area contributed by atoms with Gasteiger partial charge in [-0.2, -0.15) is 0 Å². The molecule has 0 saturated heterocycles. The van der Waals surface area contributed by atoms with Crippen molar-refractivity contribution in [1.29, 1.82) is 0 Å². The van der Waals surface area contributed by atoms with Crippen LogP contribution in [0, 0.1) is 5.82 Å². The van der Waals surface area contributed by atoms with Gasteiger partial charge in [0.2, 0.25) is 0 Å². The minimum atomic E-state index is -0.627. The van der Waals surface area contributed by atoms with E-state index in [0.29, 0.717) is 18.1 Å². The molecule has 0 radical (unpaired) electrons. The van der Waals surface area contributed by atoms with Crippen molar-refractivity contribution in [2.75, 3.05) is 6.61 Å². The van der Waals surface area contributed by atoms with Crippen LogP contribution in [0.15, 0.2) is 78.9 Å². The average molecular weight is 394 g/mol. The Kier molecular flexibility index (Phi) is 6.78. The van der Waals surface area contributed by atoms with Gasteiger partial charge in [-0.15, -0.1) is 0 Å². The molecule has 3 rings (SSSR count). The van der Waals surface area contributed by atoms with Gasteiger partial charge in [0.25, 0.3) is 11.8 Å². The van der Waals surface area contributed by atoms with E-state index in [4.69, 9.17) is 9.47 Å². The molecule has 0 aliphatic carbocycles. The lowest BCUT2D eigenvalue weighted by Gasteiger charge is -2.10. The Bertz CT molecular complexity index is 962. The van der Waals surface area contributed by atoms with E-state index in [2.05, 4.69) is 10.9 Å². The first kappa shape index (κ1) is 19.9. The van der Waals surface area contributed by atoms with Crippen LogP contribution in [0.2, 0.25) is 0 Å². The third kappa shape index (κ3) is 6.35. The smallest absolute Gasteiger partial charge is 0.276 e. The van der Waals surface area contributed by atoms with Gasteiger partial charge < -0.3 is 9.47 Å². The van der Waals surface area contributed by atoms with Gasteiger partial charge >= 0.3 is 0 Å². The summed E-state index contributed by atoms with van der Waals surface area (Å²) in [7, 11) is 0. The molecule has 0 heterocycles. The minimum absolute atomic E-state index is 0.0947. The number of carbonyl (C=O) groups excluding carboxylic acids is 2. The molecule has 148 valence electrons. The van der Waals surface area contributed by atoms with Crippen LogP contribution < -0.4 is 20.3 Å². The Morgan fingerprint density at radius 2 is 1.48 bits per heavy atom. The van der Waals surface area contributed by atoms with Crippen molar-refractivity contribution in [3.8, 4) is 11.5 Å². The molecule has 0 fully saturated rings. The van der Waals surface area contributed by atoms with Crippen molar-refractivity contribution in [3.05, 3.63) is 95.8 Å². The monoisotopic (exact) mass is 394 g/mol. The van der Waals surface area contributed by atoms with Crippen LogP contribution >= 0.6 is 0 Å². The van der Waals surface area contributed by atoms with Gasteiger partial charge in [-0.1, -0.05) is 36.4 Å². The van der Waals surface area contributed by atoms with Crippen LogP contribution in [0.25, 0.3) is 0 Å². The zero-order valence-electron chi connectivity index (χ0n) is 15.4. The fourth-order valence-electron chi connectivity index (χ4n) is 2.39. The first-order valence-corrected chi connectivity index (χ1v) is 8.84. The first-order chi connectivity index (χ1) is 14.1. The van der Waals surface area contributed by atoms with E-state index < -0.39 is 17.6 Å². The van der Waals surface area contributed by atoms with Gasteiger partial charge in [0.05, 0.1) is 0 Å². The van der Waals surface area contributed by atoms with Crippen LogP contribution in [0.3, 0.4) is 0 Å². The maximum atomic E-state index is 13.1. The quantitative estimate of drug-likeness (QED) is 0.603. The number of nitrogens with one attached hydrogen (secondary N) is 2. The molecule has 0 atom stereocenters. The molecule has 3 aromatic carbocycles. The van der Waals surface area contributed by atoms with Crippen molar-refractivity contribution in [2.45, 2.75) is 6.61 Å². The van der Waals surface area contributed by atoms with Crippen molar-refractivity contribution < 1.29 is 23.5 Å². The molecule has 3 aromatic rings. The zero-order chi connectivity index (χ0) is 20.5. The van der Waals surface area contributed by atoms with E-state index in [1.807, 2.05) is 30.3 Å². The van der Waals surface area contributed by atoms with Gasteiger partial charge in [-0.3, -0.25) is 20.4 Å². The number of hydrogen-bond acceptors (Lipinski definition) is 4. The van der Waals surface area contributed by atoms with Gasteiger partial charge in [-0.05, 0) is 48.0 Å². The summed E-state index contributed by atoms with van der Waals surface area (Å²) < 4.78 is 24.1. The third-order valence-electron chi connectivity index (χ3n) is 3.84. The third-order valence-corrected chi connectivity index (χ3v) is 3.84. The predicted octanol–water partition coefficient (Wildman–Crippen LogP) is 3.24. The molecule has 29 heavy (non-hydrogen) atoms. The van der Waals surface area contributed by atoms with Gasteiger partial charge in [-0.25, -0.2) is 4.39 Å². The molecule has 0 spiro atoms. The Balaban J connectivity index is 1.40. The summed E-state index contributed by atoms with van der Waals surface area (Å²) in [5, 5.41) is 0. The summed E-state index contributed by atoms with van der Waals surface area (Å²) >= 11 is 0. The second-order valence-electron chi connectivity index (χ2n) is 6.05. The number of rotatable bonds is 7. The standard InChI is InChI=1S/C22H19FN2O4/c23-18-8-4-7-17(13-18)22(27)25-24-21(26)15-29-20-11-9-19(10-12-20)28-14-16-5-2-1-3-6-16/h1-13H,14-15H2,(H,24,26)(H,25,27). The summed E-state index contributed by atoms with van der Waals surface area (Å²) in [6.45, 7) is 0.155. The van der Waals surface area contributed by atoms with Crippen LogP contribution in [0.1, 0.15) is 15.9 Å². The van der Waals surface area contributed by atoms with Crippen molar-refractivity contribution in [1.82, 2.24) is 10.9 Å². The number of amides is 2. The number of halogens is 1. The van der Waals surface area contributed by atoms with Crippen LogP contribution in [-0.4, -0.2) is 18.4 Å². The fraction of sp³-hybridized carbons (Fsp3) is 0.0909. The molecule has 0 aliphatic rings. The lowest BCUT2D eigenvalue weighted by atomic mass is 10.2. The Morgan fingerprint density at radius 3 is 2.17 bits per heavy atom. The highest BCUT2D eigenvalue weighted by molar-refractivity contribution is 5.95. The molecule has 6 nitrogen and oxygen atoms in total. The maximum Gasteiger partial charge on any atom is 0.276 e. The van der Waals surface area contributed by atoms with Crippen LogP contribution in [-0.2, 0) is 11.4 Å². The Hall–Kier alpha value is -3.87. The van der Waals surface area contributed by atoms with Gasteiger partial charge in [0, 0.05) is 5.56 Å². The van der Waals surface area contributed by atoms with Gasteiger partial charge in [0.1, 0.15) is 23.9 Å². The topological polar surface area (TPSA) is 76.7 Å². The lowest BCUT2D eigenvalue weighted by molar-refractivity contribution is -0.123. The van der Waals surface area contributed by atoms with Crippen molar-refractivity contribution in [2.24, 2.45) is 0 Å². The average Bonchev–Trinajstić information content (AvgIpc) is 2.76. The molecule has 0 saturated carbocycles. The number of hydrazine groups is 1. The molecular formula is C22H19FN2O4. The summed E-state index contributed by atoms with van der Waals surface area (Å²) in [5.41, 5.74) is 5.56. The normalized spacial score (nSPS) is 10.1. The summed E-state index contributed by atoms with van der Waals surface area (Å²) in [6.07, 6.45) is 0. The summed E-state index contributed by atoms with van der Waals surface area (Å²) in [4.78, 5) is 23.6. The molecular weight excluding hydrogens is 375 g/mol. The van der Waals surface area contributed by atoms with E-state index in [1.165, 1.54) is 18.2 Å². The Labute approximate surface area is 167 Å². The number of benzene rings is 3. The predicted molar refractivity (Wildman–Crippen MR) is 105 cm³/mol. The molecule has 2 amide bonds. The highest BCUT2D eigenvalue weighted by Crippen LogP contribution is 2.18. The molecule has 0 unspecified atom stereocenters. The number of hydrogen-bond donors (Lipinski definition) is 2. The second-order valence-corrected chi connectivity index (χ2v) is 6.05. The maximum absolute atomic E-state index is 13.1. The minimum Gasteiger partial charge on any atom is -0.489 e. The molecule has 2 N–H and O–H groups in total. The first-order valence-electron chi connectivity index (χ1n) is 8.84. The largest absolute Gasteiger partial charge is 0.489 e. The highest BCUT2D eigenvalue weighted by Gasteiger charge is 2.08. The zero-order valence-corrected chi connectivity index (χ0v) is 15.4. The van der Waals surface area contributed by atoms with E-state index in [1.54, 1.807) is 24.3 Å². The lowest BCUT2D eigenvalue weighted by Crippen LogP contribution is -2.43. The number of carbonyl (C=O) groups is 2. The highest BCUT2D eigenvalue weighted by atomic mass is 19.1. The van der Waals surface area contributed by atoms with Gasteiger partial charge in [0.15, 0.2) is 6.61 Å². The SMILES string of the molecule is O=C(COc1ccc(OCc2ccccc2)cc1)NNC(=O)c1cccc(F)c1. The van der Waals surface area contributed by atoms with E-state index in [9.17, 15) is 14.0 Å². The number of ether oxygens (including phenoxy) is 2.